The second kappa shape index (κ2) is 7.15. The Labute approximate surface area is 148 Å². The lowest BCUT2D eigenvalue weighted by Crippen LogP contribution is -2.31. The number of hydrogen-bond acceptors (Lipinski definition) is 4. The van der Waals surface area contributed by atoms with Crippen LogP contribution in [0.5, 0.6) is 0 Å². The molecule has 1 aliphatic carbocycles. The zero-order valence-corrected chi connectivity index (χ0v) is 14.5. The first-order chi connectivity index (χ1) is 12.3. The monoisotopic (exact) mass is 333 g/mol. The maximum Gasteiger partial charge on any atom is 0.0697 e. The maximum atomic E-state index is 4.54. The van der Waals surface area contributed by atoms with Crippen LogP contribution in [0.2, 0.25) is 0 Å². The second-order valence-electron chi connectivity index (χ2n) is 6.71. The Kier molecular flexibility index (Phi) is 4.57. The average molecular weight is 333 g/mol. The molecular formula is C20H23N5. The van der Waals surface area contributed by atoms with Crippen LogP contribution in [0, 0.1) is 0 Å². The summed E-state index contributed by atoms with van der Waals surface area (Å²) in [5, 5.41) is 11.7. The third-order valence-corrected chi connectivity index (χ3v) is 5.04. The summed E-state index contributed by atoms with van der Waals surface area (Å²) >= 11 is 0. The van der Waals surface area contributed by atoms with Gasteiger partial charge >= 0.3 is 0 Å². The molecule has 2 heterocycles. The molecule has 0 saturated carbocycles. The highest BCUT2D eigenvalue weighted by Crippen LogP contribution is 2.22. The van der Waals surface area contributed by atoms with Crippen molar-refractivity contribution in [2.24, 2.45) is 0 Å². The molecule has 0 radical (unpaired) electrons. The molecule has 5 heteroatoms. The Balaban J connectivity index is 1.39. The Morgan fingerprint density at radius 1 is 1.08 bits per heavy atom. The van der Waals surface area contributed by atoms with Gasteiger partial charge in [-0.15, -0.1) is 5.10 Å². The van der Waals surface area contributed by atoms with Crippen molar-refractivity contribution in [2.75, 3.05) is 0 Å². The van der Waals surface area contributed by atoms with Crippen LogP contribution < -0.4 is 5.32 Å². The van der Waals surface area contributed by atoms with Gasteiger partial charge in [0.2, 0.25) is 0 Å². The van der Waals surface area contributed by atoms with Crippen LogP contribution in [0.4, 0.5) is 0 Å². The van der Waals surface area contributed by atoms with Gasteiger partial charge in [-0.05, 0) is 61.9 Å². The molecule has 128 valence electrons. The summed E-state index contributed by atoms with van der Waals surface area (Å²) in [4.78, 5) is 4.54. The van der Waals surface area contributed by atoms with Crippen molar-refractivity contribution in [1.82, 2.24) is 25.3 Å². The first kappa shape index (κ1) is 16.0. The van der Waals surface area contributed by atoms with E-state index in [-0.39, 0.29) is 0 Å². The lowest BCUT2D eigenvalue weighted by Gasteiger charge is -2.22. The van der Waals surface area contributed by atoms with Gasteiger partial charge in [0.1, 0.15) is 0 Å². The molecule has 25 heavy (non-hydrogen) atoms. The Morgan fingerprint density at radius 2 is 1.92 bits per heavy atom. The minimum Gasteiger partial charge on any atom is -0.307 e. The highest BCUT2D eigenvalue weighted by Gasteiger charge is 2.18. The Bertz CT molecular complexity index is 783. The fourth-order valence-corrected chi connectivity index (χ4v) is 3.59. The molecule has 0 bridgehead atoms. The number of hydrogen-bond donors (Lipinski definition) is 1. The molecule has 1 aromatic carbocycles. The molecule has 0 aliphatic heterocycles. The summed E-state index contributed by atoms with van der Waals surface area (Å²) in [6.45, 7) is 2.24. The van der Waals surface area contributed by atoms with Crippen LogP contribution in [0.25, 0.3) is 5.69 Å². The molecule has 0 amide bonds. The van der Waals surface area contributed by atoms with Crippen LogP contribution in [0.1, 0.15) is 42.6 Å². The quantitative estimate of drug-likeness (QED) is 0.745. The number of fused-ring (bicyclic) bond motifs is 1. The summed E-state index contributed by atoms with van der Waals surface area (Å²) in [5.41, 5.74) is 5.02. The van der Waals surface area contributed by atoms with Crippen molar-refractivity contribution in [3.63, 3.8) is 0 Å². The summed E-state index contributed by atoms with van der Waals surface area (Å²) in [6, 6.07) is 13.6. The van der Waals surface area contributed by atoms with Crippen molar-refractivity contribution in [1.29, 1.82) is 0 Å². The van der Waals surface area contributed by atoms with Crippen molar-refractivity contribution in [2.45, 2.75) is 44.7 Å². The predicted octanol–water partition coefficient (Wildman–Crippen LogP) is 3.26. The van der Waals surface area contributed by atoms with Gasteiger partial charge in [-0.2, -0.15) is 0 Å². The van der Waals surface area contributed by atoms with E-state index in [9.17, 15) is 0 Å². The van der Waals surface area contributed by atoms with Crippen LogP contribution >= 0.6 is 0 Å². The molecule has 2 atom stereocenters. The lowest BCUT2D eigenvalue weighted by atomic mass is 10.0. The number of nitrogens with zero attached hydrogens (tertiary/aromatic N) is 4. The van der Waals surface area contributed by atoms with E-state index in [1.54, 1.807) is 10.9 Å². The van der Waals surface area contributed by atoms with Gasteiger partial charge in [0.05, 0.1) is 18.1 Å². The predicted molar refractivity (Wildman–Crippen MR) is 97.6 cm³/mol. The molecule has 1 N–H and O–H groups in total. The van der Waals surface area contributed by atoms with E-state index in [2.05, 4.69) is 57.9 Å². The standard InChI is InChI=1S/C20H23N5/c1-15(16-5-9-19(10-6-16)25-14-13-22-24-25)23-18-7-4-17-3-2-12-21-20(17)11-8-18/h2-3,5-6,9-10,12-15,18,23H,4,7-8,11H2,1H3/t15-,18+/m0/s1. The van der Waals surface area contributed by atoms with Gasteiger partial charge in [0.25, 0.3) is 0 Å². The molecular weight excluding hydrogens is 310 g/mol. The summed E-state index contributed by atoms with van der Waals surface area (Å²) < 4.78 is 1.78. The van der Waals surface area contributed by atoms with E-state index in [4.69, 9.17) is 0 Å². The summed E-state index contributed by atoms with van der Waals surface area (Å²) in [7, 11) is 0. The minimum atomic E-state index is 0.323. The van der Waals surface area contributed by atoms with Crippen molar-refractivity contribution >= 4 is 0 Å². The molecule has 2 aromatic heterocycles. The average Bonchev–Trinajstić information content (AvgIpc) is 3.12. The molecule has 3 aromatic rings. The highest BCUT2D eigenvalue weighted by atomic mass is 15.4. The molecule has 5 nitrogen and oxygen atoms in total. The van der Waals surface area contributed by atoms with Crippen molar-refractivity contribution in [3.05, 3.63) is 71.8 Å². The number of benzene rings is 1. The molecule has 4 rings (SSSR count). The largest absolute Gasteiger partial charge is 0.307 e. The smallest absolute Gasteiger partial charge is 0.0697 e. The zero-order valence-electron chi connectivity index (χ0n) is 14.5. The number of rotatable bonds is 4. The number of aryl methyl sites for hydroxylation is 2. The molecule has 0 saturated heterocycles. The van der Waals surface area contributed by atoms with E-state index in [1.807, 2.05) is 18.5 Å². The van der Waals surface area contributed by atoms with Gasteiger partial charge in [0, 0.05) is 24.0 Å². The summed E-state index contributed by atoms with van der Waals surface area (Å²) in [6.07, 6.45) is 9.94. The number of pyridine rings is 1. The van der Waals surface area contributed by atoms with Crippen LogP contribution in [-0.2, 0) is 12.8 Å². The van der Waals surface area contributed by atoms with E-state index in [1.165, 1.54) is 23.2 Å². The maximum absolute atomic E-state index is 4.54. The van der Waals surface area contributed by atoms with Gasteiger partial charge in [0.15, 0.2) is 0 Å². The number of nitrogens with one attached hydrogen (secondary N) is 1. The van der Waals surface area contributed by atoms with E-state index >= 15 is 0 Å². The normalized spacial score (nSPS) is 18.4. The second-order valence-corrected chi connectivity index (χ2v) is 6.71. The van der Waals surface area contributed by atoms with Crippen LogP contribution in [0.15, 0.2) is 55.0 Å². The fourth-order valence-electron chi connectivity index (χ4n) is 3.59. The third-order valence-electron chi connectivity index (χ3n) is 5.04. The zero-order chi connectivity index (χ0) is 17.1. The summed E-state index contributed by atoms with van der Waals surface area (Å²) in [5.74, 6) is 0. The first-order valence-electron chi connectivity index (χ1n) is 8.95. The van der Waals surface area contributed by atoms with Crippen molar-refractivity contribution < 1.29 is 0 Å². The third kappa shape index (κ3) is 3.61. The first-order valence-corrected chi connectivity index (χ1v) is 8.95. The van der Waals surface area contributed by atoms with Crippen LogP contribution in [0.3, 0.4) is 0 Å². The topological polar surface area (TPSA) is 55.6 Å². The molecule has 0 spiro atoms. The molecule has 0 unspecified atom stereocenters. The Morgan fingerprint density at radius 3 is 2.72 bits per heavy atom. The van der Waals surface area contributed by atoms with E-state index in [0.717, 1.165) is 24.9 Å². The van der Waals surface area contributed by atoms with E-state index in [0.29, 0.717) is 12.1 Å². The van der Waals surface area contributed by atoms with Gasteiger partial charge in [-0.3, -0.25) is 4.98 Å². The SMILES string of the molecule is C[C@H](N[C@@H]1CCc2cccnc2CC1)c1ccc(-n2ccnn2)cc1. The highest BCUT2D eigenvalue weighted by molar-refractivity contribution is 5.34. The van der Waals surface area contributed by atoms with Crippen LogP contribution in [-0.4, -0.2) is 26.0 Å². The van der Waals surface area contributed by atoms with E-state index < -0.39 is 0 Å². The van der Waals surface area contributed by atoms with Gasteiger partial charge in [-0.1, -0.05) is 23.4 Å². The van der Waals surface area contributed by atoms with Crippen molar-refractivity contribution in [3.8, 4) is 5.69 Å². The lowest BCUT2D eigenvalue weighted by molar-refractivity contribution is 0.416. The Hall–Kier alpha value is -2.53. The molecule has 0 fully saturated rings. The minimum absolute atomic E-state index is 0.323. The number of aromatic nitrogens is 4. The van der Waals surface area contributed by atoms with Gasteiger partial charge in [-0.25, -0.2) is 4.68 Å². The molecule has 1 aliphatic rings. The van der Waals surface area contributed by atoms with Gasteiger partial charge < -0.3 is 5.32 Å². The fraction of sp³-hybridized carbons (Fsp3) is 0.350.